The molecule has 0 aromatic rings. The van der Waals surface area contributed by atoms with E-state index in [9.17, 15) is 9.59 Å². The largest absolute Gasteiger partial charge is 0.514 e. The molecule has 1 rings (SSSR count). The highest BCUT2D eigenvalue weighted by Gasteiger charge is 2.19. The van der Waals surface area contributed by atoms with Gasteiger partial charge in [0.25, 0.3) is 0 Å². The molecule has 0 atom stereocenters. The summed E-state index contributed by atoms with van der Waals surface area (Å²) >= 11 is 0. The Morgan fingerprint density at radius 3 is 3.00 bits per heavy atom. The summed E-state index contributed by atoms with van der Waals surface area (Å²) in [5.41, 5.74) is 0. The maximum absolute atomic E-state index is 10.8. The Kier molecular flexibility index (Phi) is 2.68. The monoisotopic (exact) mass is 172 g/mol. The molecule has 0 saturated carbocycles. The quantitative estimate of drug-likeness (QED) is 0.450. The Bertz CT molecular complexity index is 230. The van der Waals surface area contributed by atoms with Crippen LogP contribution in [0.3, 0.4) is 0 Å². The zero-order valence-electron chi connectivity index (χ0n) is 6.53. The van der Waals surface area contributed by atoms with Crippen LogP contribution in [0.2, 0.25) is 0 Å². The molecule has 0 radical (unpaired) electrons. The van der Waals surface area contributed by atoms with Gasteiger partial charge in [0.1, 0.15) is 0 Å². The van der Waals surface area contributed by atoms with Gasteiger partial charge in [0, 0.05) is 0 Å². The Morgan fingerprint density at radius 1 is 1.75 bits per heavy atom. The van der Waals surface area contributed by atoms with Crippen molar-refractivity contribution in [1.82, 2.24) is 0 Å². The third-order valence-electron chi connectivity index (χ3n) is 1.11. The molecule has 12 heavy (non-hydrogen) atoms. The van der Waals surface area contributed by atoms with Crippen molar-refractivity contribution in [3.63, 3.8) is 0 Å². The van der Waals surface area contributed by atoms with E-state index < -0.39 is 12.1 Å². The Hall–Kier alpha value is -1.52. The SMILES string of the molecule is CCOC(=O)C=C1COC(=O)O1. The minimum absolute atomic E-state index is 0.00233. The van der Waals surface area contributed by atoms with Crippen molar-refractivity contribution in [1.29, 1.82) is 0 Å². The fraction of sp³-hybridized carbons (Fsp3) is 0.429. The molecule has 5 heteroatoms. The van der Waals surface area contributed by atoms with E-state index in [1.807, 2.05) is 0 Å². The summed E-state index contributed by atoms with van der Waals surface area (Å²) in [4.78, 5) is 21.1. The van der Waals surface area contributed by atoms with E-state index in [1.54, 1.807) is 6.92 Å². The molecule has 0 amide bonds. The van der Waals surface area contributed by atoms with Gasteiger partial charge in [0.2, 0.25) is 0 Å². The van der Waals surface area contributed by atoms with Gasteiger partial charge >= 0.3 is 12.1 Å². The van der Waals surface area contributed by atoms with Gasteiger partial charge in [-0.1, -0.05) is 0 Å². The van der Waals surface area contributed by atoms with Crippen molar-refractivity contribution in [2.75, 3.05) is 13.2 Å². The highest BCUT2D eigenvalue weighted by molar-refractivity contribution is 5.83. The third-order valence-corrected chi connectivity index (χ3v) is 1.11. The normalized spacial score (nSPS) is 18.8. The van der Waals surface area contributed by atoms with Crippen molar-refractivity contribution < 1.29 is 23.8 Å². The number of hydrogen-bond acceptors (Lipinski definition) is 5. The average molecular weight is 172 g/mol. The number of rotatable bonds is 2. The van der Waals surface area contributed by atoms with Crippen LogP contribution in [0, 0.1) is 0 Å². The first-order valence-electron chi connectivity index (χ1n) is 3.44. The fourth-order valence-electron chi connectivity index (χ4n) is 0.683. The Balaban J connectivity index is 2.46. The minimum Gasteiger partial charge on any atom is -0.463 e. The third kappa shape index (κ3) is 2.26. The van der Waals surface area contributed by atoms with Crippen molar-refractivity contribution in [2.24, 2.45) is 0 Å². The van der Waals surface area contributed by atoms with Gasteiger partial charge in [-0.05, 0) is 6.92 Å². The molecule has 1 saturated heterocycles. The zero-order valence-corrected chi connectivity index (χ0v) is 6.53. The molecular weight excluding hydrogens is 164 g/mol. The smallest absolute Gasteiger partial charge is 0.463 e. The molecule has 0 N–H and O–H groups in total. The minimum atomic E-state index is -0.787. The van der Waals surface area contributed by atoms with Crippen molar-refractivity contribution in [3.8, 4) is 0 Å². The Labute approximate surface area is 68.9 Å². The highest BCUT2D eigenvalue weighted by Crippen LogP contribution is 2.09. The van der Waals surface area contributed by atoms with Gasteiger partial charge in [0.05, 0.1) is 12.7 Å². The number of ether oxygens (including phenoxy) is 3. The molecule has 1 heterocycles. The Morgan fingerprint density at radius 2 is 2.50 bits per heavy atom. The molecule has 1 fully saturated rings. The second-order valence-corrected chi connectivity index (χ2v) is 2.00. The zero-order chi connectivity index (χ0) is 8.97. The first-order valence-corrected chi connectivity index (χ1v) is 3.44. The van der Waals surface area contributed by atoms with E-state index in [1.165, 1.54) is 0 Å². The average Bonchev–Trinajstić information content (AvgIpc) is 2.36. The van der Waals surface area contributed by atoms with E-state index in [4.69, 9.17) is 0 Å². The summed E-state index contributed by atoms with van der Waals surface area (Å²) in [5, 5.41) is 0. The maximum Gasteiger partial charge on any atom is 0.514 e. The van der Waals surface area contributed by atoms with Crippen LogP contribution in [-0.2, 0) is 19.0 Å². The van der Waals surface area contributed by atoms with E-state index in [-0.39, 0.29) is 19.0 Å². The summed E-state index contributed by atoms with van der Waals surface area (Å²) in [5.74, 6) is -0.357. The van der Waals surface area contributed by atoms with Crippen molar-refractivity contribution >= 4 is 12.1 Å². The topological polar surface area (TPSA) is 61.8 Å². The van der Waals surface area contributed by atoms with Crippen LogP contribution in [0.15, 0.2) is 11.8 Å². The molecule has 1 aliphatic rings. The first kappa shape index (κ1) is 8.58. The second-order valence-electron chi connectivity index (χ2n) is 2.00. The second kappa shape index (κ2) is 3.75. The van der Waals surface area contributed by atoms with Crippen LogP contribution in [0.5, 0.6) is 0 Å². The standard InChI is InChI=1S/C7H8O5/c1-2-10-6(8)3-5-4-11-7(9)12-5/h3H,2,4H2,1H3. The molecule has 0 spiro atoms. The number of carbonyl (C=O) groups excluding carboxylic acids is 2. The van der Waals surface area contributed by atoms with Crippen molar-refractivity contribution in [3.05, 3.63) is 11.8 Å². The van der Waals surface area contributed by atoms with Crippen molar-refractivity contribution in [2.45, 2.75) is 6.92 Å². The molecule has 0 unspecified atom stereocenters. The van der Waals surface area contributed by atoms with Gasteiger partial charge in [-0.2, -0.15) is 0 Å². The van der Waals surface area contributed by atoms with E-state index in [0.717, 1.165) is 6.08 Å². The maximum atomic E-state index is 10.8. The number of carbonyl (C=O) groups is 2. The molecule has 0 aromatic heterocycles. The molecular formula is C7H8O5. The summed E-state index contributed by atoms with van der Waals surface area (Å²) in [6.07, 6.45) is 0.305. The van der Waals surface area contributed by atoms with Crippen LogP contribution < -0.4 is 0 Å². The van der Waals surface area contributed by atoms with Crippen LogP contribution >= 0.6 is 0 Å². The molecule has 0 aliphatic carbocycles. The van der Waals surface area contributed by atoms with E-state index in [2.05, 4.69) is 14.2 Å². The summed E-state index contributed by atoms with van der Waals surface area (Å²) in [6.45, 7) is 1.97. The lowest BCUT2D eigenvalue weighted by atomic mass is 10.4. The number of esters is 1. The molecule has 0 bridgehead atoms. The lowest BCUT2D eigenvalue weighted by Gasteiger charge is -1.94. The van der Waals surface area contributed by atoms with Gasteiger partial charge < -0.3 is 14.2 Å². The predicted molar refractivity (Wildman–Crippen MR) is 37.1 cm³/mol. The van der Waals surface area contributed by atoms with Gasteiger partial charge in [-0.15, -0.1) is 0 Å². The molecule has 1 aliphatic heterocycles. The van der Waals surface area contributed by atoms with Gasteiger partial charge in [-0.3, -0.25) is 0 Å². The van der Waals surface area contributed by atoms with Crippen LogP contribution in [0.4, 0.5) is 4.79 Å². The summed E-state index contributed by atoms with van der Waals surface area (Å²) in [6, 6.07) is 0. The van der Waals surface area contributed by atoms with Gasteiger partial charge in [0.15, 0.2) is 12.4 Å². The van der Waals surface area contributed by atoms with Gasteiger partial charge in [-0.25, -0.2) is 9.59 Å². The molecule has 5 nitrogen and oxygen atoms in total. The van der Waals surface area contributed by atoms with Crippen LogP contribution in [0.25, 0.3) is 0 Å². The predicted octanol–water partition coefficient (Wildman–Crippen LogP) is 0.600. The lowest BCUT2D eigenvalue weighted by molar-refractivity contribution is -0.137. The lowest BCUT2D eigenvalue weighted by Crippen LogP contribution is -2.01. The number of hydrogen-bond donors (Lipinski definition) is 0. The molecule has 66 valence electrons. The fourth-order valence-corrected chi connectivity index (χ4v) is 0.683. The number of cyclic esters (lactones) is 2. The van der Waals surface area contributed by atoms with E-state index in [0.29, 0.717) is 0 Å². The highest BCUT2D eigenvalue weighted by atomic mass is 16.8. The van der Waals surface area contributed by atoms with E-state index >= 15 is 0 Å². The summed E-state index contributed by atoms with van der Waals surface area (Å²) in [7, 11) is 0. The van der Waals surface area contributed by atoms with Crippen LogP contribution in [-0.4, -0.2) is 25.3 Å². The summed E-state index contributed by atoms with van der Waals surface area (Å²) < 4.78 is 13.5. The molecule has 0 aromatic carbocycles. The first-order chi connectivity index (χ1) is 5.72. The van der Waals surface area contributed by atoms with Crippen LogP contribution in [0.1, 0.15) is 6.92 Å².